The number of carbonyl (C=O) groups is 1. The Morgan fingerprint density at radius 1 is 1.12 bits per heavy atom. The summed E-state index contributed by atoms with van der Waals surface area (Å²) in [6.07, 6.45) is 6.81. The van der Waals surface area contributed by atoms with Crippen LogP contribution in [0.4, 0.5) is 5.82 Å². The monoisotopic (exact) mass is 534 g/mol. The Kier molecular flexibility index (Phi) is 6.39. The van der Waals surface area contributed by atoms with Crippen molar-refractivity contribution >= 4 is 22.8 Å². The number of fused-ring (bicyclic) bond motifs is 1. The third-order valence-electron chi connectivity index (χ3n) is 7.82. The number of likely N-dealkylation sites (tertiary alicyclic amines) is 1. The average molecular weight is 535 g/mol. The molecule has 1 saturated carbocycles. The zero-order valence-corrected chi connectivity index (χ0v) is 22.3. The van der Waals surface area contributed by atoms with Crippen LogP contribution in [-0.2, 0) is 4.79 Å². The van der Waals surface area contributed by atoms with Crippen molar-refractivity contribution in [3.8, 4) is 23.3 Å². The molecule has 1 aliphatic carbocycles. The largest absolute Gasteiger partial charge is 0.457 e. The molecule has 1 amide bonds. The minimum Gasteiger partial charge on any atom is -0.457 e. The molecule has 3 heterocycles. The molecule has 2 N–H and O–H groups in total. The van der Waals surface area contributed by atoms with Crippen molar-refractivity contribution in [1.29, 1.82) is 5.26 Å². The van der Waals surface area contributed by atoms with Crippen LogP contribution in [0.25, 0.3) is 16.7 Å². The van der Waals surface area contributed by atoms with Crippen molar-refractivity contribution in [1.82, 2.24) is 19.0 Å². The highest BCUT2D eigenvalue weighted by Crippen LogP contribution is 2.47. The molecule has 1 saturated heterocycles. The second-order valence-corrected chi connectivity index (χ2v) is 10.8. The predicted octanol–water partition coefficient (Wildman–Crippen LogP) is 4.98. The number of para-hydroxylation sites is 1. The third kappa shape index (κ3) is 4.73. The summed E-state index contributed by atoms with van der Waals surface area (Å²) in [5.74, 6) is 1.33. The number of benzene rings is 2. The molecule has 0 radical (unpaired) electrons. The smallest absolute Gasteiger partial charge is 0.334 e. The van der Waals surface area contributed by atoms with E-state index < -0.39 is 0 Å². The fourth-order valence-corrected chi connectivity index (χ4v) is 5.42. The number of carbonyl (C=O) groups excluding carboxylic acids is 1. The van der Waals surface area contributed by atoms with Gasteiger partial charge < -0.3 is 15.4 Å². The number of nitrogens with zero attached hydrogens (tertiary/aromatic N) is 5. The highest BCUT2D eigenvalue weighted by atomic mass is 16.5. The van der Waals surface area contributed by atoms with E-state index in [2.05, 4.69) is 18.0 Å². The number of piperidine rings is 1. The maximum atomic E-state index is 14.0. The Labute approximate surface area is 231 Å². The summed E-state index contributed by atoms with van der Waals surface area (Å²) >= 11 is 0. The van der Waals surface area contributed by atoms with Crippen LogP contribution in [0, 0.1) is 16.7 Å². The summed E-state index contributed by atoms with van der Waals surface area (Å²) in [5, 5.41) is 9.69. The van der Waals surface area contributed by atoms with Crippen molar-refractivity contribution < 1.29 is 9.53 Å². The second kappa shape index (κ2) is 10.0. The van der Waals surface area contributed by atoms with Crippen LogP contribution >= 0.6 is 0 Å². The zero-order chi connectivity index (χ0) is 27.9. The molecule has 2 aromatic carbocycles. The van der Waals surface area contributed by atoms with Crippen molar-refractivity contribution in [3.05, 3.63) is 89.0 Å². The first kappa shape index (κ1) is 25.4. The first-order valence-electron chi connectivity index (χ1n) is 13.5. The number of aromatic nitrogens is 3. The molecule has 2 aromatic heterocycles. The quantitative estimate of drug-likeness (QED) is 0.275. The van der Waals surface area contributed by atoms with E-state index >= 15 is 0 Å². The molecule has 9 nitrogen and oxygen atoms in total. The molecule has 4 aromatic rings. The number of hydrogen-bond acceptors (Lipinski definition) is 6. The van der Waals surface area contributed by atoms with Crippen LogP contribution < -0.4 is 16.2 Å². The number of ether oxygens (including phenoxy) is 1. The first-order chi connectivity index (χ1) is 19.4. The van der Waals surface area contributed by atoms with E-state index in [0.717, 1.165) is 31.4 Å². The van der Waals surface area contributed by atoms with Gasteiger partial charge in [0.25, 0.3) is 5.91 Å². The lowest BCUT2D eigenvalue weighted by Gasteiger charge is -2.33. The maximum absolute atomic E-state index is 14.0. The number of nitrogen functional groups attached to an aromatic ring is 1. The number of hydrogen-bond donors (Lipinski definition) is 1. The van der Waals surface area contributed by atoms with Crippen molar-refractivity contribution in [3.63, 3.8) is 0 Å². The van der Waals surface area contributed by atoms with Gasteiger partial charge in [-0.25, -0.2) is 9.78 Å². The summed E-state index contributed by atoms with van der Waals surface area (Å²) in [6, 6.07) is 20.3. The molecule has 6 rings (SSSR count). The Balaban J connectivity index is 1.34. The molecule has 1 atom stereocenters. The highest BCUT2D eigenvalue weighted by molar-refractivity contribution is 5.97. The lowest BCUT2D eigenvalue weighted by atomic mass is 10.0. The van der Waals surface area contributed by atoms with Crippen LogP contribution in [0.15, 0.2) is 83.3 Å². The standard InChI is InChI=1S/C31H30N6O3/c1-31(14-15-31)18-21(19-32)29(38)35-17-5-6-23(20-35)36-26-13-16-34-28(33)27(26)37(30(36)39)22-9-11-25(12-10-22)40-24-7-3-2-4-8-24/h2-4,7-13,16,18,23H,5-6,14-15,17,20H2,1H3,(H2,33,34)/t23-/m1/s1. The topological polar surface area (TPSA) is 119 Å². The van der Waals surface area contributed by atoms with Crippen molar-refractivity contribution in [2.75, 3.05) is 18.8 Å². The van der Waals surface area contributed by atoms with Crippen LogP contribution in [0.5, 0.6) is 11.5 Å². The van der Waals surface area contributed by atoms with E-state index in [4.69, 9.17) is 10.5 Å². The first-order valence-corrected chi connectivity index (χ1v) is 13.5. The fraction of sp³-hybridized carbons (Fsp3) is 0.290. The molecule has 2 fully saturated rings. The lowest BCUT2D eigenvalue weighted by molar-refractivity contribution is -0.128. The Morgan fingerprint density at radius 3 is 2.55 bits per heavy atom. The number of allylic oxidation sites excluding steroid dienone is 1. The lowest BCUT2D eigenvalue weighted by Crippen LogP contribution is -2.43. The van der Waals surface area contributed by atoms with Gasteiger partial charge in [-0.15, -0.1) is 0 Å². The van der Waals surface area contributed by atoms with E-state index in [1.165, 1.54) is 0 Å². The number of nitrogens with two attached hydrogens (primary N) is 1. The van der Waals surface area contributed by atoms with E-state index in [9.17, 15) is 14.9 Å². The predicted molar refractivity (Wildman–Crippen MR) is 152 cm³/mol. The zero-order valence-electron chi connectivity index (χ0n) is 22.3. The summed E-state index contributed by atoms with van der Waals surface area (Å²) in [6.45, 7) is 2.94. The molecule has 0 unspecified atom stereocenters. The van der Waals surface area contributed by atoms with E-state index in [0.29, 0.717) is 35.6 Å². The van der Waals surface area contributed by atoms with Gasteiger partial charge in [0, 0.05) is 19.3 Å². The summed E-state index contributed by atoms with van der Waals surface area (Å²) in [4.78, 5) is 33.3. The van der Waals surface area contributed by atoms with Gasteiger partial charge in [-0.1, -0.05) is 31.2 Å². The third-order valence-corrected chi connectivity index (χ3v) is 7.82. The van der Waals surface area contributed by atoms with Gasteiger partial charge in [0.05, 0.1) is 17.2 Å². The summed E-state index contributed by atoms with van der Waals surface area (Å²) in [5.41, 5.74) is 7.99. The SMILES string of the molecule is CC1(C=C(C#N)C(=O)N2CCC[C@@H](n3c(=O)n(-c4ccc(Oc5ccccc5)cc4)c4c(N)nccc43)C2)CC1. The Morgan fingerprint density at radius 2 is 1.85 bits per heavy atom. The average Bonchev–Trinajstić information content (AvgIpc) is 3.62. The Hall–Kier alpha value is -4.84. The van der Waals surface area contributed by atoms with E-state index in [-0.39, 0.29) is 34.4 Å². The molecule has 40 heavy (non-hydrogen) atoms. The van der Waals surface area contributed by atoms with Gasteiger partial charge in [-0.3, -0.25) is 13.9 Å². The molecule has 1 aliphatic heterocycles. The summed E-state index contributed by atoms with van der Waals surface area (Å²) in [7, 11) is 0. The minimum absolute atomic E-state index is 0.0630. The highest BCUT2D eigenvalue weighted by Gasteiger charge is 2.37. The minimum atomic E-state index is -0.271. The maximum Gasteiger partial charge on any atom is 0.334 e. The van der Waals surface area contributed by atoms with Crippen molar-refractivity contribution in [2.24, 2.45) is 5.41 Å². The number of pyridine rings is 1. The number of anilines is 1. The van der Waals surface area contributed by atoms with Crippen LogP contribution in [-0.4, -0.2) is 38.0 Å². The van der Waals surface area contributed by atoms with Gasteiger partial charge in [-0.05, 0) is 73.6 Å². The molecular weight excluding hydrogens is 504 g/mol. The number of rotatable bonds is 6. The van der Waals surface area contributed by atoms with Gasteiger partial charge in [-0.2, -0.15) is 5.26 Å². The molecule has 0 spiro atoms. The molecule has 9 heteroatoms. The molecule has 0 bridgehead atoms. The molecule has 2 aliphatic rings. The van der Waals surface area contributed by atoms with Crippen LogP contribution in [0.3, 0.4) is 0 Å². The number of amides is 1. The molecule has 202 valence electrons. The van der Waals surface area contributed by atoms with Crippen LogP contribution in [0.2, 0.25) is 0 Å². The van der Waals surface area contributed by atoms with Crippen molar-refractivity contribution in [2.45, 2.75) is 38.6 Å². The van der Waals surface area contributed by atoms with E-state index in [1.54, 1.807) is 26.3 Å². The van der Waals surface area contributed by atoms with Gasteiger partial charge >= 0.3 is 5.69 Å². The fourth-order valence-electron chi connectivity index (χ4n) is 5.42. The molecular formula is C31H30N6O3. The summed E-state index contributed by atoms with van der Waals surface area (Å²) < 4.78 is 9.20. The number of nitriles is 1. The van der Waals surface area contributed by atoms with Gasteiger partial charge in [0.1, 0.15) is 34.5 Å². The normalized spacial score (nSPS) is 18.4. The van der Waals surface area contributed by atoms with E-state index in [1.807, 2.05) is 60.7 Å². The second-order valence-electron chi connectivity index (χ2n) is 10.8. The van der Waals surface area contributed by atoms with Gasteiger partial charge in [0.2, 0.25) is 0 Å². The van der Waals surface area contributed by atoms with Gasteiger partial charge in [0.15, 0.2) is 0 Å². The number of imidazole rings is 1. The van der Waals surface area contributed by atoms with Crippen LogP contribution in [0.1, 0.15) is 38.6 Å². The Bertz CT molecular complexity index is 1710.